The number of aromatic nitrogens is 1. The summed E-state index contributed by atoms with van der Waals surface area (Å²) >= 11 is 1.67. The molecule has 0 fully saturated rings. The molecule has 2 heterocycles. The molecule has 2 rings (SSSR count). The maximum Gasteiger partial charge on any atom is 0.163 e. The van der Waals surface area contributed by atoms with Gasteiger partial charge in [0.15, 0.2) is 5.69 Å². The molecule has 0 bridgehead atoms. The number of hydrogen-bond acceptors (Lipinski definition) is 4. The minimum atomic E-state index is 0.183. The van der Waals surface area contributed by atoms with E-state index in [9.17, 15) is 0 Å². The summed E-state index contributed by atoms with van der Waals surface area (Å²) in [4.78, 5) is 4.01. The number of rotatable bonds is 3. The number of pyridine rings is 1. The Balaban J connectivity index is 2.19. The van der Waals surface area contributed by atoms with Crippen molar-refractivity contribution in [3.8, 4) is 6.07 Å². The van der Waals surface area contributed by atoms with Gasteiger partial charge in [-0.05, 0) is 41.4 Å². The van der Waals surface area contributed by atoms with E-state index in [4.69, 9.17) is 5.26 Å². The van der Waals surface area contributed by atoms with Gasteiger partial charge in [0.1, 0.15) is 6.07 Å². The van der Waals surface area contributed by atoms with Gasteiger partial charge in [0.05, 0.1) is 5.69 Å². The van der Waals surface area contributed by atoms with Gasteiger partial charge >= 0.3 is 0 Å². The predicted octanol–water partition coefficient (Wildman–Crippen LogP) is 3.19. The van der Waals surface area contributed by atoms with Crippen LogP contribution in [-0.4, -0.2) is 4.98 Å². The Labute approximate surface area is 98.4 Å². The number of nitriles is 1. The average Bonchev–Trinajstić information content (AvgIpc) is 2.83. The van der Waals surface area contributed by atoms with Gasteiger partial charge in [-0.3, -0.25) is 0 Å². The Hall–Kier alpha value is -1.86. The summed E-state index contributed by atoms with van der Waals surface area (Å²) in [5.41, 5.74) is 2.44. The molecule has 0 saturated heterocycles. The molecule has 80 valence electrons. The smallest absolute Gasteiger partial charge is 0.163 e. The van der Waals surface area contributed by atoms with Gasteiger partial charge < -0.3 is 5.32 Å². The first kappa shape index (κ1) is 10.7. The van der Waals surface area contributed by atoms with Crippen molar-refractivity contribution < 1.29 is 0 Å². The predicted molar refractivity (Wildman–Crippen MR) is 65.3 cm³/mol. The molecule has 2 aromatic heterocycles. The highest BCUT2D eigenvalue weighted by Gasteiger charge is 2.08. The number of nitrogens with one attached hydrogen (secondary N) is 1. The minimum Gasteiger partial charge on any atom is -0.376 e. The topological polar surface area (TPSA) is 48.7 Å². The molecule has 0 saturated carbocycles. The van der Waals surface area contributed by atoms with E-state index in [0.29, 0.717) is 5.69 Å². The van der Waals surface area contributed by atoms with Crippen LogP contribution < -0.4 is 5.32 Å². The lowest BCUT2D eigenvalue weighted by Gasteiger charge is -2.14. The molecule has 0 aliphatic carbocycles. The van der Waals surface area contributed by atoms with Crippen LogP contribution in [0.5, 0.6) is 0 Å². The van der Waals surface area contributed by atoms with Crippen molar-refractivity contribution >= 4 is 17.0 Å². The van der Waals surface area contributed by atoms with Crippen molar-refractivity contribution in [1.82, 2.24) is 4.98 Å². The van der Waals surface area contributed by atoms with E-state index in [1.807, 2.05) is 17.5 Å². The zero-order chi connectivity index (χ0) is 11.4. The summed E-state index contributed by atoms with van der Waals surface area (Å²) in [6.07, 6.45) is 1.62. The molecule has 0 aliphatic heterocycles. The molecule has 0 aromatic carbocycles. The zero-order valence-corrected chi connectivity index (χ0v) is 9.66. The third-order valence-corrected chi connectivity index (χ3v) is 3.03. The second kappa shape index (κ2) is 4.77. The molecule has 0 aliphatic rings. The first-order chi connectivity index (χ1) is 7.81. The van der Waals surface area contributed by atoms with Crippen LogP contribution in [0.4, 0.5) is 5.69 Å². The van der Waals surface area contributed by atoms with E-state index in [1.165, 1.54) is 5.56 Å². The lowest BCUT2D eigenvalue weighted by molar-refractivity contribution is 0.887. The Morgan fingerprint density at radius 3 is 3.06 bits per heavy atom. The Morgan fingerprint density at radius 1 is 1.50 bits per heavy atom. The summed E-state index contributed by atoms with van der Waals surface area (Å²) in [5, 5.41) is 16.3. The molecule has 0 radical (unpaired) electrons. The van der Waals surface area contributed by atoms with Crippen LogP contribution in [0.3, 0.4) is 0 Å². The third-order valence-electron chi connectivity index (χ3n) is 2.33. The molecule has 0 spiro atoms. The Kier molecular flexibility index (Phi) is 3.18. The first-order valence-corrected chi connectivity index (χ1v) is 5.89. The number of nitrogens with zero attached hydrogens (tertiary/aromatic N) is 2. The lowest BCUT2D eigenvalue weighted by Crippen LogP contribution is -2.07. The van der Waals surface area contributed by atoms with Crippen LogP contribution in [-0.2, 0) is 0 Å². The quantitative estimate of drug-likeness (QED) is 0.879. The zero-order valence-electron chi connectivity index (χ0n) is 8.84. The standard InChI is InChI=1S/C12H11N3S/c1-9(10-4-6-16-8-10)15-11-3-2-5-14-12(11)7-13/h2-6,8-9,15H,1H3. The van der Waals surface area contributed by atoms with Crippen molar-refractivity contribution in [3.05, 3.63) is 46.4 Å². The van der Waals surface area contributed by atoms with Crippen molar-refractivity contribution in [2.75, 3.05) is 5.32 Å². The van der Waals surface area contributed by atoms with Crippen LogP contribution >= 0.6 is 11.3 Å². The maximum atomic E-state index is 8.91. The fraction of sp³-hybridized carbons (Fsp3) is 0.167. The second-order valence-corrected chi connectivity index (χ2v) is 4.21. The average molecular weight is 229 g/mol. The highest BCUT2D eigenvalue weighted by Crippen LogP contribution is 2.22. The van der Waals surface area contributed by atoms with Crippen LogP contribution in [0.1, 0.15) is 24.2 Å². The van der Waals surface area contributed by atoms with E-state index >= 15 is 0 Å². The molecule has 4 heteroatoms. The van der Waals surface area contributed by atoms with E-state index in [0.717, 1.165) is 5.69 Å². The maximum absolute atomic E-state index is 8.91. The third kappa shape index (κ3) is 2.20. The van der Waals surface area contributed by atoms with Crippen molar-refractivity contribution in [1.29, 1.82) is 5.26 Å². The first-order valence-electron chi connectivity index (χ1n) is 4.95. The number of anilines is 1. The van der Waals surface area contributed by atoms with Crippen LogP contribution in [0, 0.1) is 11.3 Å². The van der Waals surface area contributed by atoms with Gasteiger partial charge in [0, 0.05) is 12.2 Å². The Bertz CT molecular complexity index is 499. The molecule has 0 amide bonds. The Morgan fingerprint density at radius 2 is 2.38 bits per heavy atom. The van der Waals surface area contributed by atoms with Gasteiger partial charge in [-0.1, -0.05) is 0 Å². The minimum absolute atomic E-state index is 0.183. The van der Waals surface area contributed by atoms with Gasteiger partial charge in [-0.15, -0.1) is 0 Å². The van der Waals surface area contributed by atoms with E-state index in [-0.39, 0.29) is 6.04 Å². The van der Waals surface area contributed by atoms with E-state index in [1.54, 1.807) is 17.5 Å². The van der Waals surface area contributed by atoms with Gasteiger partial charge in [0.25, 0.3) is 0 Å². The van der Waals surface area contributed by atoms with Crippen molar-refractivity contribution in [2.45, 2.75) is 13.0 Å². The molecule has 1 N–H and O–H groups in total. The van der Waals surface area contributed by atoms with Gasteiger partial charge in [0.2, 0.25) is 0 Å². The fourth-order valence-electron chi connectivity index (χ4n) is 1.45. The molecule has 2 aromatic rings. The van der Waals surface area contributed by atoms with E-state index in [2.05, 4.69) is 34.7 Å². The summed E-state index contributed by atoms with van der Waals surface area (Å²) in [6.45, 7) is 2.07. The summed E-state index contributed by atoms with van der Waals surface area (Å²) < 4.78 is 0. The van der Waals surface area contributed by atoms with Crippen molar-refractivity contribution in [2.24, 2.45) is 0 Å². The molecular formula is C12H11N3S. The molecule has 16 heavy (non-hydrogen) atoms. The lowest BCUT2D eigenvalue weighted by atomic mass is 10.1. The van der Waals surface area contributed by atoms with Gasteiger partial charge in [-0.2, -0.15) is 16.6 Å². The number of hydrogen-bond donors (Lipinski definition) is 1. The summed E-state index contributed by atoms with van der Waals surface area (Å²) in [5.74, 6) is 0. The van der Waals surface area contributed by atoms with Crippen molar-refractivity contribution in [3.63, 3.8) is 0 Å². The SMILES string of the molecule is CC(Nc1cccnc1C#N)c1ccsc1. The molecule has 1 atom stereocenters. The fourth-order valence-corrected chi connectivity index (χ4v) is 2.20. The van der Waals surface area contributed by atoms with Crippen LogP contribution in [0.15, 0.2) is 35.2 Å². The van der Waals surface area contributed by atoms with E-state index < -0.39 is 0 Å². The number of thiophene rings is 1. The normalized spacial score (nSPS) is 11.8. The van der Waals surface area contributed by atoms with Crippen LogP contribution in [0.2, 0.25) is 0 Å². The summed E-state index contributed by atoms with van der Waals surface area (Å²) in [6, 6.07) is 8.02. The van der Waals surface area contributed by atoms with Crippen LogP contribution in [0.25, 0.3) is 0 Å². The highest BCUT2D eigenvalue weighted by atomic mass is 32.1. The highest BCUT2D eigenvalue weighted by molar-refractivity contribution is 7.07. The summed E-state index contributed by atoms with van der Waals surface area (Å²) in [7, 11) is 0. The molecule has 3 nitrogen and oxygen atoms in total. The monoisotopic (exact) mass is 229 g/mol. The molecule has 1 unspecified atom stereocenters. The van der Waals surface area contributed by atoms with Gasteiger partial charge in [-0.25, -0.2) is 4.98 Å². The molecular weight excluding hydrogens is 218 g/mol. The second-order valence-electron chi connectivity index (χ2n) is 3.43. The largest absolute Gasteiger partial charge is 0.376 e.